The second-order valence-electron chi connectivity index (χ2n) is 9.32. The topological polar surface area (TPSA) is 66.9 Å². The van der Waals surface area contributed by atoms with Crippen molar-refractivity contribution in [1.29, 1.82) is 0 Å². The number of ether oxygens (including phenoxy) is 1. The van der Waals surface area contributed by atoms with Crippen LogP contribution in [0.1, 0.15) is 38.5 Å². The molecule has 2 aromatic carbocycles. The predicted octanol–water partition coefficient (Wildman–Crippen LogP) is 4.87. The number of benzene rings is 2. The summed E-state index contributed by atoms with van der Waals surface area (Å²) in [4.78, 5) is 14.1. The van der Waals surface area contributed by atoms with Gasteiger partial charge in [0.15, 0.2) is 4.90 Å². The Morgan fingerprint density at radius 3 is 2.14 bits per heavy atom. The Balaban J connectivity index is 1.51. The standard InChI is InChI=1S/C25H29ClF2N2O4S/c26-19-7-9-20(10-8-19)34-18-25(17-23(31)29-13-2-1-3-14-29)11-15-30(16-12-25)35(32,33)24-21(27)5-4-6-22(24)28/h4-10H,1-3,11-18H2. The molecule has 0 aromatic heterocycles. The fraction of sp³-hybridized carbons (Fsp3) is 0.480. The highest BCUT2D eigenvalue weighted by Crippen LogP contribution is 2.39. The van der Waals surface area contributed by atoms with Crippen molar-refractivity contribution in [3.8, 4) is 5.75 Å². The van der Waals surface area contributed by atoms with Crippen LogP contribution in [0.15, 0.2) is 47.4 Å². The molecule has 2 saturated heterocycles. The molecular formula is C25H29ClF2N2O4S. The molecule has 0 spiro atoms. The quantitative estimate of drug-likeness (QED) is 0.516. The van der Waals surface area contributed by atoms with E-state index < -0.39 is 32.0 Å². The lowest BCUT2D eigenvalue weighted by Crippen LogP contribution is -2.48. The van der Waals surface area contributed by atoms with E-state index in [0.717, 1.165) is 54.9 Å². The van der Waals surface area contributed by atoms with E-state index in [-0.39, 0.29) is 32.0 Å². The van der Waals surface area contributed by atoms with Gasteiger partial charge in [-0.15, -0.1) is 0 Å². The van der Waals surface area contributed by atoms with Crippen molar-refractivity contribution in [2.75, 3.05) is 32.8 Å². The molecular weight excluding hydrogens is 498 g/mol. The van der Waals surface area contributed by atoms with E-state index in [9.17, 15) is 22.0 Å². The van der Waals surface area contributed by atoms with Crippen LogP contribution in [0, 0.1) is 17.0 Å². The maximum atomic E-state index is 14.2. The summed E-state index contributed by atoms with van der Waals surface area (Å²) in [6.45, 7) is 1.73. The minimum absolute atomic E-state index is 0.0286. The Morgan fingerprint density at radius 1 is 0.943 bits per heavy atom. The minimum atomic E-state index is -4.36. The molecule has 0 aliphatic carbocycles. The molecule has 0 atom stereocenters. The number of amides is 1. The van der Waals surface area contributed by atoms with Crippen molar-refractivity contribution in [1.82, 2.24) is 9.21 Å². The van der Waals surface area contributed by atoms with Crippen molar-refractivity contribution in [3.05, 3.63) is 59.1 Å². The zero-order valence-corrected chi connectivity index (χ0v) is 21.0. The maximum absolute atomic E-state index is 14.2. The Bertz CT molecular complexity index is 1130. The second-order valence-corrected chi connectivity index (χ2v) is 11.6. The lowest BCUT2D eigenvalue weighted by molar-refractivity contribution is -0.136. The minimum Gasteiger partial charge on any atom is -0.493 e. The molecule has 6 nitrogen and oxygen atoms in total. The van der Waals surface area contributed by atoms with E-state index in [1.807, 2.05) is 4.90 Å². The number of carbonyl (C=O) groups excluding carboxylic acids is 1. The number of nitrogens with zero attached hydrogens (tertiary/aromatic N) is 2. The number of hydrogen-bond acceptors (Lipinski definition) is 4. The predicted molar refractivity (Wildman–Crippen MR) is 129 cm³/mol. The van der Waals surface area contributed by atoms with Crippen molar-refractivity contribution in [2.45, 2.75) is 43.4 Å². The van der Waals surface area contributed by atoms with Crippen LogP contribution >= 0.6 is 11.6 Å². The average Bonchev–Trinajstić information content (AvgIpc) is 2.84. The number of likely N-dealkylation sites (tertiary alicyclic amines) is 1. The number of piperidine rings is 2. The Kier molecular flexibility index (Phi) is 7.98. The van der Waals surface area contributed by atoms with E-state index >= 15 is 0 Å². The number of rotatable bonds is 7. The van der Waals surface area contributed by atoms with Gasteiger partial charge >= 0.3 is 0 Å². The summed E-state index contributed by atoms with van der Waals surface area (Å²) in [7, 11) is -4.36. The molecule has 4 rings (SSSR count). The SMILES string of the molecule is O=C(CC1(COc2ccc(Cl)cc2)CCN(S(=O)(=O)c2c(F)cccc2F)CC1)N1CCCCC1. The molecule has 190 valence electrons. The van der Waals surface area contributed by atoms with Crippen LogP contribution in [0.5, 0.6) is 5.75 Å². The molecule has 2 fully saturated rings. The van der Waals surface area contributed by atoms with Gasteiger partial charge in [0.2, 0.25) is 15.9 Å². The Morgan fingerprint density at radius 2 is 1.54 bits per heavy atom. The molecule has 2 aliphatic heterocycles. The van der Waals surface area contributed by atoms with Crippen molar-refractivity contribution < 1.29 is 26.7 Å². The fourth-order valence-electron chi connectivity index (χ4n) is 4.77. The summed E-state index contributed by atoms with van der Waals surface area (Å²) < 4.78 is 61.7. The number of sulfonamides is 1. The smallest absolute Gasteiger partial charge is 0.248 e. The van der Waals surface area contributed by atoms with Gasteiger partial charge < -0.3 is 9.64 Å². The first-order valence-electron chi connectivity index (χ1n) is 11.8. The van der Waals surface area contributed by atoms with Gasteiger partial charge in [-0.25, -0.2) is 17.2 Å². The fourth-order valence-corrected chi connectivity index (χ4v) is 6.45. The molecule has 1 amide bonds. The van der Waals surface area contributed by atoms with Crippen LogP contribution in [0.2, 0.25) is 5.02 Å². The van der Waals surface area contributed by atoms with Gasteiger partial charge in [-0.1, -0.05) is 17.7 Å². The monoisotopic (exact) mass is 526 g/mol. The summed E-state index contributed by atoms with van der Waals surface area (Å²) in [5, 5.41) is 0.575. The highest BCUT2D eigenvalue weighted by molar-refractivity contribution is 7.89. The lowest BCUT2D eigenvalue weighted by Gasteiger charge is -2.42. The van der Waals surface area contributed by atoms with Gasteiger partial charge in [-0.2, -0.15) is 4.31 Å². The van der Waals surface area contributed by atoms with Gasteiger partial charge in [0.05, 0.1) is 6.61 Å². The third-order valence-corrected chi connectivity index (χ3v) is 9.10. The summed E-state index contributed by atoms with van der Waals surface area (Å²) >= 11 is 5.95. The summed E-state index contributed by atoms with van der Waals surface area (Å²) in [5.41, 5.74) is -0.603. The number of carbonyl (C=O) groups is 1. The lowest BCUT2D eigenvalue weighted by atomic mass is 9.76. The molecule has 2 heterocycles. The first-order chi connectivity index (χ1) is 16.7. The van der Waals surface area contributed by atoms with E-state index in [0.29, 0.717) is 23.6 Å². The molecule has 10 heteroatoms. The molecule has 0 saturated carbocycles. The van der Waals surface area contributed by atoms with Gasteiger partial charge in [0.1, 0.15) is 17.4 Å². The second kappa shape index (κ2) is 10.8. The van der Waals surface area contributed by atoms with Crippen LogP contribution in [0.25, 0.3) is 0 Å². The summed E-state index contributed by atoms with van der Waals surface area (Å²) in [6, 6.07) is 9.89. The molecule has 0 unspecified atom stereocenters. The summed E-state index contributed by atoms with van der Waals surface area (Å²) in [6.07, 6.45) is 3.93. The normalized spacial score (nSPS) is 18.9. The van der Waals surface area contributed by atoms with Crippen LogP contribution in [0.3, 0.4) is 0 Å². The van der Waals surface area contributed by atoms with Crippen LogP contribution in [-0.4, -0.2) is 56.3 Å². The van der Waals surface area contributed by atoms with E-state index in [2.05, 4.69) is 0 Å². The van der Waals surface area contributed by atoms with Crippen LogP contribution in [-0.2, 0) is 14.8 Å². The first kappa shape index (κ1) is 25.9. The van der Waals surface area contributed by atoms with Gasteiger partial charge in [0.25, 0.3) is 0 Å². The third-order valence-electron chi connectivity index (χ3n) is 6.89. The largest absolute Gasteiger partial charge is 0.493 e. The van der Waals surface area contributed by atoms with E-state index in [1.54, 1.807) is 24.3 Å². The Hall–Kier alpha value is -2.23. The van der Waals surface area contributed by atoms with Gasteiger partial charge in [-0.3, -0.25) is 4.79 Å². The molecule has 0 N–H and O–H groups in total. The highest BCUT2D eigenvalue weighted by Gasteiger charge is 2.42. The average molecular weight is 527 g/mol. The third kappa shape index (κ3) is 5.95. The molecule has 35 heavy (non-hydrogen) atoms. The zero-order chi connectivity index (χ0) is 25.1. The van der Waals surface area contributed by atoms with Crippen molar-refractivity contribution >= 4 is 27.5 Å². The first-order valence-corrected chi connectivity index (χ1v) is 13.6. The molecule has 2 aromatic rings. The number of hydrogen-bond donors (Lipinski definition) is 0. The van der Waals surface area contributed by atoms with E-state index in [1.165, 1.54) is 0 Å². The van der Waals surface area contributed by atoms with Gasteiger partial charge in [0, 0.05) is 43.0 Å². The zero-order valence-electron chi connectivity index (χ0n) is 19.4. The van der Waals surface area contributed by atoms with Gasteiger partial charge in [-0.05, 0) is 68.5 Å². The van der Waals surface area contributed by atoms with Crippen LogP contribution in [0.4, 0.5) is 8.78 Å². The number of halogens is 3. The molecule has 0 bridgehead atoms. The molecule has 0 radical (unpaired) electrons. The van der Waals surface area contributed by atoms with Crippen molar-refractivity contribution in [3.63, 3.8) is 0 Å². The maximum Gasteiger partial charge on any atom is 0.248 e. The molecule has 2 aliphatic rings. The van der Waals surface area contributed by atoms with E-state index in [4.69, 9.17) is 16.3 Å². The summed E-state index contributed by atoms with van der Waals surface area (Å²) in [5.74, 6) is -1.61. The van der Waals surface area contributed by atoms with Crippen molar-refractivity contribution in [2.24, 2.45) is 5.41 Å². The highest BCUT2D eigenvalue weighted by atomic mass is 35.5. The Labute approximate surface area is 209 Å². The van der Waals surface area contributed by atoms with Crippen LogP contribution < -0.4 is 4.74 Å².